The Morgan fingerprint density at radius 3 is 2.37 bits per heavy atom. The van der Waals surface area contributed by atoms with Crippen LogP contribution < -0.4 is 5.73 Å². The van der Waals surface area contributed by atoms with Crippen LogP contribution in [0.5, 0.6) is 0 Å². The van der Waals surface area contributed by atoms with E-state index < -0.39 is 15.2 Å². The van der Waals surface area contributed by atoms with Crippen molar-refractivity contribution < 1.29 is 14.3 Å². The summed E-state index contributed by atoms with van der Waals surface area (Å²) in [5.41, 5.74) is 10.7. The quantitative estimate of drug-likeness (QED) is 0.407. The van der Waals surface area contributed by atoms with Crippen molar-refractivity contribution in [1.29, 1.82) is 0 Å². The number of carbonyl (C=O) groups is 1. The van der Waals surface area contributed by atoms with E-state index in [2.05, 4.69) is 26.0 Å². The summed E-state index contributed by atoms with van der Waals surface area (Å²) in [5.74, 6) is 0.130. The molecule has 0 bridgehead atoms. The van der Waals surface area contributed by atoms with Crippen LogP contribution in [0.3, 0.4) is 0 Å². The van der Waals surface area contributed by atoms with Gasteiger partial charge in [-0.05, 0) is 35.6 Å². The van der Waals surface area contributed by atoms with E-state index in [1.165, 1.54) is 0 Å². The van der Waals surface area contributed by atoms with Crippen LogP contribution in [-0.2, 0) is 9.22 Å². The summed E-state index contributed by atoms with van der Waals surface area (Å²) in [6.45, 7) is 4.22. The van der Waals surface area contributed by atoms with Gasteiger partial charge in [-0.2, -0.15) is 0 Å². The van der Waals surface area contributed by atoms with E-state index in [1.54, 1.807) is 6.08 Å². The molecule has 0 radical (unpaired) electrons. The van der Waals surface area contributed by atoms with Crippen molar-refractivity contribution in [3.05, 3.63) is 82.9 Å². The fourth-order valence-corrected chi connectivity index (χ4v) is 4.47. The molecule has 2 rings (SSSR count). The summed E-state index contributed by atoms with van der Waals surface area (Å²) in [7, 11) is 0.630. The van der Waals surface area contributed by atoms with Gasteiger partial charge in [-0.25, -0.2) is 4.79 Å². The van der Waals surface area contributed by atoms with Gasteiger partial charge in [0.25, 0.3) is 0 Å². The largest absolute Gasteiger partial charge is 0.553 e. The predicted molar refractivity (Wildman–Crippen MR) is 118 cm³/mol. The van der Waals surface area contributed by atoms with Crippen molar-refractivity contribution in [2.45, 2.75) is 19.9 Å². The van der Waals surface area contributed by atoms with Crippen molar-refractivity contribution in [2.75, 3.05) is 0 Å². The number of carboxylic acids is 1. The number of aliphatic carboxylic acids is 1. The molecular formula is C21H27NO3Si2. The molecule has 0 fully saturated rings. The molecule has 2 aromatic carbocycles. The Balaban J connectivity index is 2.26. The second kappa shape index (κ2) is 10.1. The number of rotatable bonds is 8. The highest BCUT2D eigenvalue weighted by molar-refractivity contribution is 6.85. The first kappa shape index (κ1) is 20.9. The molecule has 2 atom stereocenters. The third-order valence-electron chi connectivity index (χ3n) is 4.64. The van der Waals surface area contributed by atoms with Crippen molar-refractivity contribution >= 4 is 36.8 Å². The predicted octanol–water partition coefficient (Wildman–Crippen LogP) is 2.23. The van der Waals surface area contributed by atoms with Crippen LogP contribution >= 0.6 is 0 Å². The van der Waals surface area contributed by atoms with Crippen molar-refractivity contribution in [3.63, 3.8) is 0 Å². The second-order valence-electron chi connectivity index (χ2n) is 6.46. The molecule has 0 aliphatic carbocycles. The average Bonchev–Trinajstić information content (AvgIpc) is 2.70. The van der Waals surface area contributed by atoms with Gasteiger partial charge in [0.1, 0.15) is 5.76 Å². The summed E-state index contributed by atoms with van der Waals surface area (Å²) < 4.78 is 6.13. The Kier molecular flexibility index (Phi) is 7.78. The summed E-state index contributed by atoms with van der Waals surface area (Å²) in [6, 6.07) is 17.7. The van der Waals surface area contributed by atoms with E-state index >= 15 is 0 Å². The minimum Gasteiger partial charge on any atom is -0.553 e. The molecule has 2 aromatic rings. The molecule has 0 heterocycles. The number of hydrogen-bond donors (Lipinski definition) is 2. The Hall–Kier alpha value is -2.42. The molecule has 2 unspecified atom stereocenters. The Labute approximate surface area is 165 Å². The normalized spacial score (nSPS) is 15.1. The first-order valence-electron chi connectivity index (χ1n) is 9.09. The van der Waals surface area contributed by atoms with Crippen LogP contribution in [0.2, 0.25) is 0 Å². The Morgan fingerprint density at radius 1 is 1.19 bits per heavy atom. The van der Waals surface area contributed by atoms with Gasteiger partial charge < -0.3 is 15.3 Å². The lowest BCUT2D eigenvalue weighted by Crippen LogP contribution is -2.21. The average molecular weight is 398 g/mol. The molecule has 6 heteroatoms. The number of nitrogens with two attached hydrogens (primary N) is 1. The smallest absolute Gasteiger partial charge is 0.328 e. The molecule has 0 amide bonds. The fourth-order valence-electron chi connectivity index (χ4n) is 2.92. The molecule has 0 saturated carbocycles. The standard InChI is InChI=1S/C21H27NO3Si2/c1-14(15(2)21(25-27-26)18-6-4-3-5-7-18)20(22)17-11-8-16(9-12-17)10-13-19(23)24/h3-14,20H,22,27H2,1-2,26H3,(H,23,24). The topological polar surface area (TPSA) is 72.5 Å². The molecule has 0 spiro atoms. The van der Waals surface area contributed by atoms with Crippen LogP contribution in [0.1, 0.15) is 36.6 Å². The van der Waals surface area contributed by atoms with Gasteiger partial charge in [0, 0.05) is 27.4 Å². The summed E-state index contributed by atoms with van der Waals surface area (Å²) in [5, 5.41) is 8.72. The fraction of sp³-hybridized carbons (Fsp3) is 0.190. The van der Waals surface area contributed by atoms with Gasteiger partial charge in [-0.3, -0.25) is 0 Å². The van der Waals surface area contributed by atoms with Crippen molar-refractivity contribution in [3.8, 4) is 0 Å². The maximum absolute atomic E-state index is 10.6. The third kappa shape index (κ3) is 5.78. The zero-order valence-corrected chi connectivity index (χ0v) is 19.5. The lowest BCUT2D eigenvalue weighted by Gasteiger charge is -2.24. The first-order chi connectivity index (χ1) is 12.9. The van der Waals surface area contributed by atoms with Gasteiger partial charge in [0.05, 0.1) is 0 Å². The molecule has 0 saturated heterocycles. The van der Waals surface area contributed by atoms with Crippen molar-refractivity contribution in [1.82, 2.24) is 0 Å². The van der Waals surface area contributed by atoms with Gasteiger partial charge in [-0.1, -0.05) is 61.5 Å². The zero-order chi connectivity index (χ0) is 19.8. The van der Waals surface area contributed by atoms with E-state index in [9.17, 15) is 4.79 Å². The van der Waals surface area contributed by atoms with Gasteiger partial charge in [-0.15, -0.1) is 0 Å². The zero-order valence-electron chi connectivity index (χ0n) is 16.1. The van der Waals surface area contributed by atoms with Gasteiger partial charge >= 0.3 is 5.97 Å². The minimum absolute atomic E-state index is 0.114. The molecule has 0 aliphatic heterocycles. The summed E-state index contributed by atoms with van der Waals surface area (Å²) >= 11 is 0. The Bertz CT molecular complexity index is 817. The molecule has 0 aromatic heterocycles. The lowest BCUT2D eigenvalue weighted by atomic mass is 9.87. The maximum Gasteiger partial charge on any atom is 0.328 e. The molecule has 4 nitrogen and oxygen atoms in total. The van der Waals surface area contributed by atoms with Gasteiger partial charge in [0.15, 0.2) is 9.28 Å². The van der Waals surface area contributed by atoms with Crippen LogP contribution in [0.4, 0.5) is 0 Å². The van der Waals surface area contributed by atoms with Gasteiger partial charge in [0.2, 0.25) is 0 Å². The minimum atomic E-state index is -0.957. The molecular weight excluding hydrogens is 370 g/mol. The third-order valence-corrected chi connectivity index (χ3v) is 6.09. The highest BCUT2D eigenvalue weighted by Gasteiger charge is 2.20. The highest BCUT2D eigenvalue weighted by atomic mass is 29.1. The summed E-state index contributed by atoms with van der Waals surface area (Å²) in [4.78, 5) is 10.6. The van der Waals surface area contributed by atoms with E-state index in [-0.39, 0.29) is 12.0 Å². The van der Waals surface area contributed by atoms with E-state index in [0.29, 0.717) is 0 Å². The SMILES string of the molecule is CC(=C(O[SiH2][SiH3])c1ccccc1)C(C)C(N)c1ccc(C=CC(=O)O)cc1. The van der Waals surface area contributed by atoms with E-state index in [0.717, 1.165) is 43.9 Å². The second-order valence-corrected chi connectivity index (χ2v) is 9.06. The molecule has 27 heavy (non-hydrogen) atoms. The number of hydrogen-bond acceptors (Lipinski definition) is 3. The Morgan fingerprint density at radius 2 is 1.81 bits per heavy atom. The molecule has 0 aliphatic rings. The van der Waals surface area contributed by atoms with E-state index in [4.69, 9.17) is 15.3 Å². The maximum atomic E-state index is 10.6. The van der Waals surface area contributed by atoms with Crippen LogP contribution in [0.25, 0.3) is 11.8 Å². The van der Waals surface area contributed by atoms with Crippen LogP contribution in [0, 0.1) is 5.92 Å². The van der Waals surface area contributed by atoms with Crippen molar-refractivity contribution in [2.24, 2.45) is 11.7 Å². The number of carboxylic acid groups (broad SMARTS) is 1. The monoisotopic (exact) mass is 397 g/mol. The molecule has 3 N–H and O–H groups in total. The first-order valence-corrected chi connectivity index (χ1v) is 15.3. The number of benzene rings is 2. The highest BCUT2D eigenvalue weighted by Crippen LogP contribution is 2.31. The van der Waals surface area contributed by atoms with E-state index in [1.807, 2.05) is 42.5 Å². The van der Waals surface area contributed by atoms with Crippen LogP contribution in [-0.4, -0.2) is 30.1 Å². The molecule has 142 valence electrons. The lowest BCUT2D eigenvalue weighted by molar-refractivity contribution is -0.131. The summed E-state index contributed by atoms with van der Waals surface area (Å²) in [6.07, 6.45) is 2.70. The van der Waals surface area contributed by atoms with Crippen LogP contribution in [0.15, 0.2) is 66.2 Å².